The molecule has 0 saturated carbocycles. The maximum atomic E-state index is 7.82. The first-order valence-corrected chi connectivity index (χ1v) is 13.0. The quantitative estimate of drug-likeness (QED) is 0.200. The van der Waals surface area contributed by atoms with Crippen molar-refractivity contribution < 1.29 is 9.47 Å². The monoisotopic (exact) mass is 511 g/mol. The number of benzene rings is 3. The van der Waals surface area contributed by atoms with E-state index in [0.29, 0.717) is 24.6 Å². The van der Waals surface area contributed by atoms with Crippen molar-refractivity contribution >= 4 is 23.4 Å². The minimum absolute atomic E-state index is 0.0303. The first-order chi connectivity index (χ1) is 18.4. The zero-order valence-electron chi connectivity index (χ0n) is 22.2. The number of nitrogens with zero attached hydrogens (tertiary/aromatic N) is 1. The Labute approximate surface area is 225 Å². The lowest BCUT2D eigenvalue weighted by molar-refractivity contribution is 0.130. The summed E-state index contributed by atoms with van der Waals surface area (Å²) in [5.74, 6) is 2.28. The third-order valence-corrected chi connectivity index (χ3v) is 6.60. The van der Waals surface area contributed by atoms with E-state index in [2.05, 4.69) is 23.2 Å². The number of hydrogen-bond acceptors (Lipinski definition) is 5. The highest BCUT2D eigenvalue weighted by atomic mass is 16.5. The van der Waals surface area contributed by atoms with Crippen LogP contribution in [0.1, 0.15) is 43.4 Å². The molecule has 0 amide bonds. The SMILES string of the molecule is CC(=N)N1CCC(Oc2ccc(NCC(C)=Cc3cc(C(=N)N)ccc3OCc3ccccc3)cc2)CC1. The smallest absolute Gasteiger partial charge is 0.127 e. The number of piperidine rings is 1. The molecule has 0 radical (unpaired) electrons. The number of nitrogen functional groups attached to an aromatic ring is 1. The average Bonchev–Trinajstić information content (AvgIpc) is 2.93. The Kier molecular flexibility index (Phi) is 9.03. The fraction of sp³-hybridized carbons (Fsp3) is 0.290. The molecule has 38 heavy (non-hydrogen) atoms. The Morgan fingerprint density at radius 2 is 1.71 bits per heavy atom. The van der Waals surface area contributed by atoms with Gasteiger partial charge in [-0.2, -0.15) is 0 Å². The van der Waals surface area contributed by atoms with Gasteiger partial charge in [-0.3, -0.25) is 10.8 Å². The summed E-state index contributed by atoms with van der Waals surface area (Å²) in [5, 5.41) is 19.1. The lowest BCUT2D eigenvalue weighted by Crippen LogP contribution is -2.40. The highest BCUT2D eigenvalue weighted by Crippen LogP contribution is 2.25. The van der Waals surface area contributed by atoms with Crippen LogP contribution in [0.2, 0.25) is 0 Å². The lowest BCUT2D eigenvalue weighted by Gasteiger charge is -2.32. The van der Waals surface area contributed by atoms with Crippen molar-refractivity contribution in [3.63, 3.8) is 0 Å². The van der Waals surface area contributed by atoms with Crippen LogP contribution in [0.5, 0.6) is 11.5 Å². The summed E-state index contributed by atoms with van der Waals surface area (Å²) in [6.45, 7) is 6.78. The maximum Gasteiger partial charge on any atom is 0.127 e. The standard InChI is InChI=1S/C31H37N5O2/c1-22(18-26-19-25(31(33)34)8-13-30(26)37-21-24-6-4-3-5-7-24)20-35-27-9-11-28(12-10-27)38-29-14-16-36(17-15-29)23(2)32/h3-13,18-19,29,32,35H,14-17,20-21H2,1-2H3,(H3,33,34). The molecule has 0 bridgehead atoms. The number of likely N-dealkylation sites (tertiary alicyclic amines) is 1. The molecule has 7 heteroatoms. The number of hydrogen-bond donors (Lipinski definition) is 4. The van der Waals surface area contributed by atoms with Gasteiger partial charge in [0.15, 0.2) is 0 Å². The van der Waals surface area contributed by atoms with E-state index in [-0.39, 0.29) is 11.9 Å². The molecule has 1 fully saturated rings. The molecule has 0 aliphatic carbocycles. The molecular formula is C31H37N5O2. The predicted octanol–water partition coefficient (Wildman–Crippen LogP) is 5.91. The van der Waals surface area contributed by atoms with Gasteiger partial charge in [-0.25, -0.2) is 0 Å². The van der Waals surface area contributed by atoms with E-state index < -0.39 is 0 Å². The first kappa shape index (κ1) is 26.8. The van der Waals surface area contributed by atoms with Crippen molar-refractivity contribution in [1.29, 1.82) is 10.8 Å². The van der Waals surface area contributed by atoms with Crippen LogP contribution in [0.15, 0.2) is 78.4 Å². The van der Waals surface area contributed by atoms with Gasteiger partial charge in [0.05, 0.1) is 5.84 Å². The van der Waals surface area contributed by atoms with Crippen molar-refractivity contribution in [2.45, 2.75) is 39.4 Å². The number of ether oxygens (including phenoxy) is 2. The van der Waals surface area contributed by atoms with Crippen LogP contribution in [0, 0.1) is 10.8 Å². The molecule has 7 nitrogen and oxygen atoms in total. The van der Waals surface area contributed by atoms with Crippen LogP contribution < -0.4 is 20.5 Å². The maximum absolute atomic E-state index is 7.82. The summed E-state index contributed by atoms with van der Waals surface area (Å²) >= 11 is 0. The molecule has 5 N–H and O–H groups in total. The van der Waals surface area contributed by atoms with E-state index in [1.807, 2.05) is 79.7 Å². The highest BCUT2D eigenvalue weighted by molar-refractivity contribution is 5.95. The zero-order valence-corrected chi connectivity index (χ0v) is 22.2. The molecule has 0 aromatic heterocycles. The van der Waals surface area contributed by atoms with Gasteiger partial charge in [0, 0.05) is 49.3 Å². The van der Waals surface area contributed by atoms with Crippen molar-refractivity contribution in [3.05, 3.63) is 95.1 Å². The lowest BCUT2D eigenvalue weighted by atomic mass is 10.1. The Morgan fingerprint density at radius 1 is 1.00 bits per heavy atom. The Bertz CT molecular complexity index is 1260. The molecule has 0 unspecified atom stereocenters. The third kappa shape index (κ3) is 7.62. The topological polar surface area (TPSA) is 107 Å². The van der Waals surface area contributed by atoms with Gasteiger partial charge in [-0.15, -0.1) is 0 Å². The number of anilines is 1. The molecule has 3 aromatic carbocycles. The number of rotatable bonds is 10. The van der Waals surface area contributed by atoms with E-state index in [0.717, 1.165) is 59.8 Å². The molecule has 1 saturated heterocycles. The molecule has 0 atom stereocenters. The van der Waals surface area contributed by atoms with Gasteiger partial charge < -0.3 is 25.4 Å². The molecule has 1 aliphatic rings. The van der Waals surface area contributed by atoms with Crippen LogP contribution in [0.3, 0.4) is 0 Å². The Morgan fingerprint density at radius 3 is 2.37 bits per heavy atom. The van der Waals surface area contributed by atoms with Crippen molar-refractivity contribution in [1.82, 2.24) is 4.90 Å². The number of nitrogens with one attached hydrogen (secondary N) is 3. The Hall–Kier alpha value is -4.26. The second-order valence-electron chi connectivity index (χ2n) is 9.70. The summed E-state index contributed by atoms with van der Waals surface area (Å²) in [6, 6.07) is 23.7. The van der Waals surface area contributed by atoms with Gasteiger partial charge in [0.1, 0.15) is 30.0 Å². The van der Waals surface area contributed by atoms with Gasteiger partial charge in [-0.1, -0.05) is 42.0 Å². The molecule has 0 spiro atoms. The molecular weight excluding hydrogens is 474 g/mol. The van der Waals surface area contributed by atoms with Crippen molar-refractivity contribution in [2.75, 3.05) is 25.0 Å². The van der Waals surface area contributed by atoms with E-state index in [1.54, 1.807) is 0 Å². The number of nitrogens with two attached hydrogens (primary N) is 1. The first-order valence-electron chi connectivity index (χ1n) is 13.0. The summed E-state index contributed by atoms with van der Waals surface area (Å²) in [7, 11) is 0. The van der Waals surface area contributed by atoms with Crippen molar-refractivity contribution in [2.24, 2.45) is 5.73 Å². The van der Waals surface area contributed by atoms with E-state index in [9.17, 15) is 0 Å². The van der Waals surface area contributed by atoms with Crippen LogP contribution in [-0.4, -0.2) is 42.3 Å². The minimum Gasteiger partial charge on any atom is -0.490 e. The molecule has 3 aromatic rings. The van der Waals surface area contributed by atoms with Crippen LogP contribution in [0.4, 0.5) is 5.69 Å². The second-order valence-corrected chi connectivity index (χ2v) is 9.70. The molecule has 198 valence electrons. The largest absolute Gasteiger partial charge is 0.490 e. The number of amidine groups is 2. The zero-order chi connectivity index (χ0) is 26.9. The summed E-state index contributed by atoms with van der Waals surface area (Å²) in [4.78, 5) is 2.09. The predicted molar refractivity (Wildman–Crippen MR) is 155 cm³/mol. The van der Waals surface area contributed by atoms with Crippen LogP contribution in [-0.2, 0) is 6.61 Å². The van der Waals surface area contributed by atoms with Gasteiger partial charge in [0.25, 0.3) is 0 Å². The summed E-state index contributed by atoms with van der Waals surface area (Å²) in [6.07, 6.45) is 4.13. The molecule has 1 heterocycles. The summed E-state index contributed by atoms with van der Waals surface area (Å²) in [5.41, 5.74) is 10.5. The van der Waals surface area contributed by atoms with Crippen LogP contribution >= 0.6 is 0 Å². The summed E-state index contributed by atoms with van der Waals surface area (Å²) < 4.78 is 12.3. The van der Waals surface area contributed by atoms with Crippen molar-refractivity contribution in [3.8, 4) is 11.5 Å². The highest BCUT2D eigenvalue weighted by Gasteiger charge is 2.20. The average molecular weight is 512 g/mol. The molecule has 1 aliphatic heterocycles. The van der Waals surface area contributed by atoms with E-state index in [4.69, 9.17) is 26.0 Å². The van der Waals surface area contributed by atoms with Crippen LogP contribution in [0.25, 0.3) is 6.08 Å². The van der Waals surface area contributed by atoms with Gasteiger partial charge in [0.2, 0.25) is 0 Å². The van der Waals surface area contributed by atoms with E-state index >= 15 is 0 Å². The normalized spacial score (nSPS) is 14.2. The third-order valence-electron chi connectivity index (χ3n) is 6.60. The van der Waals surface area contributed by atoms with Gasteiger partial charge >= 0.3 is 0 Å². The van der Waals surface area contributed by atoms with E-state index in [1.165, 1.54) is 0 Å². The van der Waals surface area contributed by atoms with Gasteiger partial charge in [-0.05, 0) is 61.9 Å². The minimum atomic E-state index is 0.0303. The Balaban J connectivity index is 1.35. The fourth-order valence-corrected chi connectivity index (χ4v) is 4.41. The second kappa shape index (κ2) is 12.8. The fourth-order valence-electron chi connectivity index (χ4n) is 4.41. The molecule has 4 rings (SSSR count).